The largest absolute Gasteiger partial charge is 0.489 e. The third-order valence-electron chi connectivity index (χ3n) is 3.38. The highest BCUT2D eigenvalue weighted by Gasteiger charge is 2.44. The molecule has 0 aromatic carbocycles. The predicted octanol–water partition coefficient (Wildman–Crippen LogP) is 1.42. The van der Waals surface area contributed by atoms with Gasteiger partial charge in [0.1, 0.15) is 5.75 Å². The monoisotopic (exact) mass is 264 g/mol. The summed E-state index contributed by atoms with van der Waals surface area (Å²) in [4.78, 5) is 16.6. The van der Waals surface area contributed by atoms with E-state index in [0.717, 1.165) is 0 Å². The van der Waals surface area contributed by atoms with E-state index in [2.05, 4.69) is 4.98 Å². The molecule has 0 amide bonds. The van der Waals surface area contributed by atoms with Crippen LogP contribution in [0.4, 0.5) is 0 Å². The van der Waals surface area contributed by atoms with Crippen LogP contribution in [0.1, 0.15) is 31.1 Å². The Kier molecular flexibility index (Phi) is 3.87. The molecule has 1 saturated heterocycles. The molecule has 1 fully saturated rings. The quantitative estimate of drug-likeness (QED) is 0.832. The third kappa shape index (κ3) is 2.77. The molecule has 0 bridgehead atoms. The molecule has 19 heavy (non-hydrogen) atoms. The van der Waals surface area contributed by atoms with E-state index in [1.165, 1.54) is 0 Å². The molecule has 0 radical (unpaired) electrons. The second-order valence-corrected chi connectivity index (χ2v) is 5.44. The molecule has 1 aromatic heterocycles. The van der Waals surface area contributed by atoms with Crippen molar-refractivity contribution < 1.29 is 14.3 Å². The summed E-state index contributed by atoms with van der Waals surface area (Å²) < 4.78 is 10.9. The molecule has 1 aliphatic heterocycles. The van der Waals surface area contributed by atoms with Crippen molar-refractivity contribution in [3.63, 3.8) is 0 Å². The van der Waals surface area contributed by atoms with Gasteiger partial charge in [0.05, 0.1) is 30.9 Å². The topological polar surface area (TPSA) is 74.4 Å². The molecule has 2 rings (SSSR count). The number of aromatic nitrogens is 1. The van der Waals surface area contributed by atoms with E-state index in [1.807, 2.05) is 20.8 Å². The van der Waals surface area contributed by atoms with Gasteiger partial charge in [-0.3, -0.25) is 9.78 Å². The Morgan fingerprint density at radius 1 is 1.58 bits per heavy atom. The number of carbonyl (C=O) groups excluding carboxylic acids is 1. The van der Waals surface area contributed by atoms with Gasteiger partial charge < -0.3 is 15.2 Å². The van der Waals surface area contributed by atoms with Gasteiger partial charge >= 0.3 is 0 Å². The van der Waals surface area contributed by atoms with Crippen molar-refractivity contribution in [3.05, 3.63) is 24.0 Å². The second-order valence-electron chi connectivity index (χ2n) is 5.44. The standard InChI is InChI=1S/C14H20N2O3/c1-9(2)19-11-4-10(5-16-6-11)13(17)14(3)8-18-7-12(14)15/h4-6,9,12H,7-8,15H2,1-3H3. The van der Waals surface area contributed by atoms with Crippen molar-refractivity contribution in [2.45, 2.75) is 32.9 Å². The number of nitrogens with two attached hydrogens (primary N) is 1. The van der Waals surface area contributed by atoms with Gasteiger partial charge in [-0.2, -0.15) is 0 Å². The van der Waals surface area contributed by atoms with Crippen LogP contribution in [0.2, 0.25) is 0 Å². The number of ketones is 1. The minimum Gasteiger partial charge on any atom is -0.489 e. The lowest BCUT2D eigenvalue weighted by molar-refractivity contribution is 0.0766. The molecule has 1 aliphatic rings. The molecule has 104 valence electrons. The summed E-state index contributed by atoms with van der Waals surface area (Å²) in [6.45, 7) is 6.45. The van der Waals surface area contributed by atoms with Crippen LogP contribution in [-0.2, 0) is 4.74 Å². The van der Waals surface area contributed by atoms with E-state index in [9.17, 15) is 4.79 Å². The molecule has 2 atom stereocenters. The lowest BCUT2D eigenvalue weighted by Crippen LogP contribution is -2.44. The number of rotatable bonds is 4. The normalized spacial score (nSPS) is 26.7. The summed E-state index contributed by atoms with van der Waals surface area (Å²) in [6, 6.07) is 1.43. The lowest BCUT2D eigenvalue weighted by Gasteiger charge is -2.25. The van der Waals surface area contributed by atoms with E-state index in [0.29, 0.717) is 24.5 Å². The van der Waals surface area contributed by atoms with Crippen molar-refractivity contribution in [2.24, 2.45) is 11.1 Å². The molecule has 5 heteroatoms. The first kappa shape index (κ1) is 14.0. The maximum Gasteiger partial charge on any atom is 0.174 e. The van der Waals surface area contributed by atoms with Crippen LogP contribution in [0.25, 0.3) is 0 Å². The predicted molar refractivity (Wildman–Crippen MR) is 71.2 cm³/mol. The Morgan fingerprint density at radius 2 is 2.32 bits per heavy atom. The fourth-order valence-corrected chi connectivity index (χ4v) is 2.13. The minimum absolute atomic E-state index is 0.0415. The van der Waals surface area contributed by atoms with Crippen LogP contribution >= 0.6 is 0 Å². The number of carbonyl (C=O) groups is 1. The van der Waals surface area contributed by atoms with E-state index < -0.39 is 5.41 Å². The van der Waals surface area contributed by atoms with Crippen molar-refractivity contribution in [1.82, 2.24) is 4.98 Å². The van der Waals surface area contributed by atoms with Gasteiger partial charge in [0.2, 0.25) is 0 Å². The summed E-state index contributed by atoms with van der Waals surface area (Å²) in [7, 11) is 0. The number of hydrogen-bond acceptors (Lipinski definition) is 5. The van der Waals surface area contributed by atoms with Crippen LogP contribution in [-0.4, -0.2) is 36.1 Å². The summed E-state index contributed by atoms with van der Waals surface area (Å²) >= 11 is 0. The average Bonchev–Trinajstić information content (AvgIpc) is 2.69. The fraction of sp³-hybridized carbons (Fsp3) is 0.571. The first-order valence-electron chi connectivity index (χ1n) is 6.43. The third-order valence-corrected chi connectivity index (χ3v) is 3.38. The van der Waals surface area contributed by atoms with Crippen LogP contribution in [0.5, 0.6) is 5.75 Å². The molecule has 5 nitrogen and oxygen atoms in total. The van der Waals surface area contributed by atoms with E-state index in [-0.39, 0.29) is 17.9 Å². The van der Waals surface area contributed by atoms with Crippen molar-refractivity contribution in [1.29, 1.82) is 0 Å². The lowest BCUT2D eigenvalue weighted by atomic mass is 9.79. The summed E-state index contributed by atoms with van der Waals surface area (Å²) in [5.74, 6) is 0.552. The van der Waals surface area contributed by atoms with Gasteiger partial charge in [-0.05, 0) is 26.8 Å². The maximum atomic E-state index is 12.6. The molecule has 1 aromatic rings. The van der Waals surface area contributed by atoms with E-state index in [4.69, 9.17) is 15.2 Å². The molecule has 2 unspecified atom stereocenters. The molecule has 0 saturated carbocycles. The highest BCUT2D eigenvalue weighted by atomic mass is 16.5. The molecule has 0 spiro atoms. The molecular formula is C14H20N2O3. The molecule has 2 heterocycles. The van der Waals surface area contributed by atoms with E-state index in [1.54, 1.807) is 18.5 Å². The minimum atomic E-state index is -0.682. The molecular weight excluding hydrogens is 244 g/mol. The summed E-state index contributed by atoms with van der Waals surface area (Å²) in [5, 5.41) is 0. The van der Waals surface area contributed by atoms with Gasteiger partial charge in [-0.1, -0.05) is 0 Å². The average molecular weight is 264 g/mol. The zero-order valence-corrected chi connectivity index (χ0v) is 11.6. The van der Waals surface area contributed by atoms with Crippen molar-refractivity contribution in [2.75, 3.05) is 13.2 Å². The van der Waals surface area contributed by atoms with Crippen LogP contribution in [0, 0.1) is 5.41 Å². The van der Waals surface area contributed by atoms with Gasteiger partial charge in [0.15, 0.2) is 5.78 Å². The zero-order valence-electron chi connectivity index (χ0n) is 11.6. The van der Waals surface area contributed by atoms with Crippen LogP contribution in [0.15, 0.2) is 18.5 Å². The first-order chi connectivity index (χ1) is 8.93. The van der Waals surface area contributed by atoms with Gasteiger partial charge in [0, 0.05) is 17.8 Å². The molecule has 0 aliphatic carbocycles. The van der Waals surface area contributed by atoms with Crippen molar-refractivity contribution >= 4 is 5.78 Å². The highest BCUT2D eigenvalue weighted by Crippen LogP contribution is 2.31. The van der Waals surface area contributed by atoms with Crippen LogP contribution in [0.3, 0.4) is 0 Å². The Morgan fingerprint density at radius 3 is 2.89 bits per heavy atom. The number of hydrogen-bond donors (Lipinski definition) is 1. The Balaban J connectivity index is 2.24. The summed E-state index contributed by atoms with van der Waals surface area (Å²) in [6.07, 6.45) is 3.19. The Labute approximate surface area is 113 Å². The first-order valence-corrected chi connectivity index (χ1v) is 6.43. The second kappa shape index (κ2) is 5.27. The van der Waals surface area contributed by atoms with Gasteiger partial charge in [-0.15, -0.1) is 0 Å². The van der Waals surface area contributed by atoms with E-state index >= 15 is 0 Å². The zero-order chi connectivity index (χ0) is 14.0. The van der Waals surface area contributed by atoms with Gasteiger partial charge in [0.25, 0.3) is 0 Å². The summed E-state index contributed by atoms with van der Waals surface area (Å²) in [5.41, 5.74) is 5.81. The van der Waals surface area contributed by atoms with Crippen LogP contribution < -0.4 is 10.5 Å². The number of ether oxygens (including phenoxy) is 2. The number of Topliss-reactive ketones (excluding diaryl/α,β-unsaturated/α-hetero) is 1. The smallest absolute Gasteiger partial charge is 0.174 e. The van der Waals surface area contributed by atoms with Gasteiger partial charge in [-0.25, -0.2) is 0 Å². The number of pyridine rings is 1. The fourth-order valence-electron chi connectivity index (χ4n) is 2.13. The molecule has 2 N–H and O–H groups in total. The van der Waals surface area contributed by atoms with Crippen molar-refractivity contribution in [3.8, 4) is 5.75 Å². The SMILES string of the molecule is CC(C)Oc1cncc(C(=O)C2(C)COCC2N)c1. The number of nitrogens with zero attached hydrogens (tertiary/aromatic N) is 1. The maximum absolute atomic E-state index is 12.6. The Bertz CT molecular complexity index is 476. The highest BCUT2D eigenvalue weighted by molar-refractivity contribution is 6.01. The Hall–Kier alpha value is -1.46.